The zero-order valence-corrected chi connectivity index (χ0v) is 8.05. The predicted octanol–water partition coefficient (Wildman–Crippen LogP) is 0.0665. The highest BCUT2D eigenvalue weighted by Gasteiger charge is 2.13. The molecule has 0 N–H and O–H groups in total. The fraction of sp³-hybridized carbons (Fsp3) is 0.222. The van der Waals surface area contributed by atoms with Crippen LogP contribution in [0.5, 0.6) is 0 Å². The Hall–Kier alpha value is -1.91. The average Bonchev–Trinajstić information content (AvgIpc) is 2.20. The van der Waals surface area contributed by atoms with Crippen molar-refractivity contribution >= 4 is 0 Å². The molecule has 0 aliphatic heterocycles. The zero-order valence-electron chi connectivity index (χ0n) is 8.05. The van der Waals surface area contributed by atoms with Crippen molar-refractivity contribution < 1.29 is 4.57 Å². The summed E-state index contributed by atoms with van der Waals surface area (Å²) in [7, 11) is 1.89. The van der Waals surface area contributed by atoms with Crippen LogP contribution in [0, 0.1) is 6.92 Å². The first-order chi connectivity index (χ1) is 6.79. The molecule has 0 bridgehead atoms. The Kier molecular flexibility index (Phi) is 2.14. The lowest BCUT2D eigenvalue weighted by Gasteiger charge is -2.00. The molecule has 0 atom stereocenters. The molecular formula is C9H10N5+. The molecule has 0 unspecified atom stereocenters. The van der Waals surface area contributed by atoms with Crippen LogP contribution in [0.15, 0.2) is 25.2 Å². The molecule has 2 aromatic heterocycles. The molecule has 2 aromatic rings. The highest BCUT2D eigenvalue weighted by Crippen LogP contribution is 2.11. The van der Waals surface area contributed by atoms with E-state index in [0.29, 0.717) is 0 Å². The summed E-state index contributed by atoms with van der Waals surface area (Å²) in [5, 5.41) is 0. The summed E-state index contributed by atoms with van der Waals surface area (Å²) in [6.45, 7) is 1.96. The Morgan fingerprint density at radius 2 is 1.93 bits per heavy atom. The lowest BCUT2D eigenvalue weighted by molar-refractivity contribution is -0.666. The third kappa shape index (κ3) is 1.44. The maximum absolute atomic E-state index is 4.19. The Labute approximate surface area is 81.5 Å². The minimum absolute atomic E-state index is 0.792. The molecule has 5 nitrogen and oxygen atoms in total. The van der Waals surface area contributed by atoms with E-state index in [1.807, 2.05) is 18.5 Å². The molecule has 0 aliphatic carbocycles. The third-order valence-electron chi connectivity index (χ3n) is 1.93. The van der Waals surface area contributed by atoms with E-state index in [1.54, 1.807) is 12.5 Å². The van der Waals surface area contributed by atoms with Crippen LogP contribution in [0.25, 0.3) is 11.5 Å². The Morgan fingerprint density at radius 3 is 2.64 bits per heavy atom. The monoisotopic (exact) mass is 188 g/mol. The summed E-state index contributed by atoms with van der Waals surface area (Å²) in [5.41, 5.74) is 1.84. The number of hydrogen-bond acceptors (Lipinski definition) is 4. The van der Waals surface area contributed by atoms with Gasteiger partial charge < -0.3 is 0 Å². The molecule has 2 heterocycles. The van der Waals surface area contributed by atoms with Crippen LogP contribution >= 0.6 is 0 Å². The molecule has 0 amide bonds. The van der Waals surface area contributed by atoms with E-state index in [4.69, 9.17) is 0 Å². The summed E-state index contributed by atoms with van der Waals surface area (Å²) in [6.07, 6.45) is 6.50. The first-order valence-electron chi connectivity index (χ1n) is 4.21. The standard InChI is InChI=1S/C9H10N5/c1-7-3-10-4-12-8(7)9-13-5-11-6-14(9)2/h3-6H,1-2H3/q+1. The summed E-state index contributed by atoms with van der Waals surface area (Å²) in [4.78, 5) is 16.2. The van der Waals surface area contributed by atoms with Crippen LogP contribution in [0.1, 0.15) is 5.56 Å². The Morgan fingerprint density at radius 1 is 1.14 bits per heavy atom. The van der Waals surface area contributed by atoms with Crippen molar-refractivity contribution in [3.8, 4) is 11.5 Å². The van der Waals surface area contributed by atoms with Gasteiger partial charge in [0.2, 0.25) is 6.33 Å². The molecule has 0 spiro atoms. The normalized spacial score (nSPS) is 10.1. The van der Waals surface area contributed by atoms with Crippen LogP contribution in [0.4, 0.5) is 0 Å². The number of aryl methyl sites for hydroxylation is 2. The maximum Gasteiger partial charge on any atom is 0.292 e. The maximum atomic E-state index is 4.19. The van der Waals surface area contributed by atoms with E-state index in [9.17, 15) is 0 Å². The van der Waals surface area contributed by atoms with Gasteiger partial charge in [0, 0.05) is 6.20 Å². The lowest BCUT2D eigenvalue weighted by Crippen LogP contribution is -2.32. The van der Waals surface area contributed by atoms with Gasteiger partial charge >= 0.3 is 0 Å². The number of aromatic nitrogens is 5. The van der Waals surface area contributed by atoms with E-state index in [2.05, 4.69) is 19.9 Å². The largest absolute Gasteiger partial charge is 0.292 e. The minimum Gasteiger partial charge on any atom is -0.244 e. The van der Waals surface area contributed by atoms with Crippen molar-refractivity contribution in [2.75, 3.05) is 0 Å². The zero-order chi connectivity index (χ0) is 9.97. The van der Waals surface area contributed by atoms with E-state index in [0.717, 1.165) is 17.1 Å². The molecular weight excluding hydrogens is 178 g/mol. The molecule has 0 radical (unpaired) electrons. The van der Waals surface area contributed by atoms with Crippen molar-refractivity contribution in [3.63, 3.8) is 0 Å². The highest BCUT2D eigenvalue weighted by atomic mass is 15.1. The third-order valence-corrected chi connectivity index (χ3v) is 1.93. The lowest BCUT2D eigenvalue weighted by atomic mass is 10.2. The number of hydrogen-bond donors (Lipinski definition) is 0. The SMILES string of the molecule is Cc1cncnc1-c1ncnc[n+]1C. The van der Waals surface area contributed by atoms with Gasteiger partial charge in [0.15, 0.2) is 0 Å². The highest BCUT2D eigenvalue weighted by molar-refractivity contribution is 5.49. The predicted molar refractivity (Wildman–Crippen MR) is 49.0 cm³/mol. The van der Waals surface area contributed by atoms with Gasteiger partial charge in [0.1, 0.15) is 12.0 Å². The van der Waals surface area contributed by atoms with Gasteiger partial charge in [-0.25, -0.2) is 14.5 Å². The average molecular weight is 188 g/mol. The van der Waals surface area contributed by atoms with Gasteiger partial charge in [0.25, 0.3) is 12.2 Å². The van der Waals surface area contributed by atoms with E-state index in [1.165, 1.54) is 12.7 Å². The van der Waals surface area contributed by atoms with Crippen molar-refractivity contribution in [2.45, 2.75) is 6.92 Å². The quantitative estimate of drug-likeness (QED) is 0.594. The summed E-state index contributed by atoms with van der Waals surface area (Å²) in [6, 6.07) is 0. The van der Waals surface area contributed by atoms with Gasteiger partial charge in [-0.15, -0.1) is 0 Å². The van der Waals surface area contributed by atoms with Crippen molar-refractivity contribution in [2.24, 2.45) is 7.05 Å². The second kappa shape index (κ2) is 3.45. The van der Waals surface area contributed by atoms with Gasteiger partial charge in [-0.2, -0.15) is 0 Å². The molecule has 0 aliphatic rings. The second-order valence-electron chi connectivity index (χ2n) is 3.00. The fourth-order valence-corrected chi connectivity index (χ4v) is 1.23. The minimum atomic E-state index is 0.792. The van der Waals surface area contributed by atoms with Crippen molar-refractivity contribution in [1.82, 2.24) is 19.9 Å². The summed E-state index contributed by atoms with van der Waals surface area (Å²) < 4.78 is 1.83. The summed E-state index contributed by atoms with van der Waals surface area (Å²) >= 11 is 0. The Balaban J connectivity index is 2.61. The van der Waals surface area contributed by atoms with Gasteiger partial charge in [0.05, 0.1) is 7.05 Å². The number of rotatable bonds is 1. The van der Waals surface area contributed by atoms with Gasteiger partial charge in [-0.1, -0.05) is 9.97 Å². The number of nitrogens with zero attached hydrogens (tertiary/aromatic N) is 5. The van der Waals surface area contributed by atoms with Crippen molar-refractivity contribution in [3.05, 3.63) is 30.7 Å². The molecule has 0 saturated carbocycles. The van der Waals surface area contributed by atoms with E-state index >= 15 is 0 Å². The van der Waals surface area contributed by atoms with Crippen LogP contribution in [0.2, 0.25) is 0 Å². The van der Waals surface area contributed by atoms with E-state index < -0.39 is 0 Å². The van der Waals surface area contributed by atoms with E-state index in [-0.39, 0.29) is 0 Å². The van der Waals surface area contributed by atoms with Crippen LogP contribution in [-0.4, -0.2) is 19.9 Å². The van der Waals surface area contributed by atoms with Crippen LogP contribution in [-0.2, 0) is 7.05 Å². The second-order valence-corrected chi connectivity index (χ2v) is 3.00. The molecule has 0 saturated heterocycles. The molecule has 0 fully saturated rings. The van der Waals surface area contributed by atoms with Crippen molar-refractivity contribution in [1.29, 1.82) is 0 Å². The molecule has 0 aromatic carbocycles. The summed E-state index contributed by atoms with van der Waals surface area (Å²) in [5.74, 6) is 0.792. The topological polar surface area (TPSA) is 55.4 Å². The molecule has 2 rings (SSSR count). The first kappa shape index (κ1) is 8.68. The van der Waals surface area contributed by atoms with Gasteiger partial charge in [-0.05, 0) is 12.5 Å². The molecule has 5 heteroatoms. The first-order valence-corrected chi connectivity index (χ1v) is 4.21. The van der Waals surface area contributed by atoms with Crippen LogP contribution in [0.3, 0.4) is 0 Å². The van der Waals surface area contributed by atoms with Crippen LogP contribution < -0.4 is 4.57 Å². The molecule has 70 valence electrons. The smallest absolute Gasteiger partial charge is 0.244 e. The molecule has 14 heavy (non-hydrogen) atoms. The Bertz CT molecular complexity index is 411. The van der Waals surface area contributed by atoms with Gasteiger partial charge in [-0.3, -0.25) is 0 Å². The fourth-order valence-electron chi connectivity index (χ4n) is 1.23.